The molecule has 0 amide bonds. The molecule has 0 bridgehead atoms. The van der Waals surface area contributed by atoms with Gasteiger partial charge in [-0.2, -0.15) is 0 Å². The Hall–Kier alpha value is -1.59. The summed E-state index contributed by atoms with van der Waals surface area (Å²) in [6.07, 6.45) is 2.06. The molecule has 3 N–H and O–H groups in total. The number of aromatic hydroxyl groups is 1. The lowest BCUT2D eigenvalue weighted by Crippen LogP contribution is -2.10. The SMILES string of the molecule is C=CC[C@@H](N)c1ccc(C)c([N+](=O)[O-])c1O.Cl. The molecule has 1 aromatic rings. The highest BCUT2D eigenvalue weighted by atomic mass is 35.5. The summed E-state index contributed by atoms with van der Waals surface area (Å²) in [5, 5.41) is 20.5. The van der Waals surface area contributed by atoms with Crippen LogP contribution in [0.25, 0.3) is 0 Å². The molecule has 1 aromatic carbocycles. The zero-order valence-corrected chi connectivity index (χ0v) is 10.2. The van der Waals surface area contributed by atoms with Crippen LogP contribution >= 0.6 is 12.4 Å². The van der Waals surface area contributed by atoms with Gasteiger partial charge in [0.2, 0.25) is 0 Å². The molecular formula is C11H15ClN2O3. The van der Waals surface area contributed by atoms with Gasteiger partial charge in [0.05, 0.1) is 4.92 Å². The van der Waals surface area contributed by atoms with E-state index in [9.17, 15) is 15.2 Å². The fourth-order valence-electron chi connectivity index (χ4n) is 1.53. The van der Waals surface area contributed by atoms with Crippen LogP contribution in [0.2, 0.25) is 0 Å². The minimum absolute atomic E-state index is 0. The fourth-order valence-corrected chi connectivity index (χ4v) is 1.53. The normalized spacial score (nSPS) is 11.4. The molecule has 0 aromatic heterocycles. The Balaban J connectivity index is 0.00000256. The van der Waals surface area contributed by atoms with Gasteiger partial charge >= 0.3 is 5.69 Å². The first-order valence-electron chi connectivity index (χ1n) is 4.82. The van der Waals surface area contributed by atoms with Crippen LogP contribution in [0.15, 0.2) is 24.8 Å². The molecule has 0 saturated carbocycles. The maximum Gasteiger partial charge on any atom is 0.313 e. The van der Waals surface area contributed by atoms with E-state index in [1.165, 1.54) is 0 Å². The Morgan fingerprint density at radius 2 is 2.24 bits per heavy atom. The van der Waals surface area contributed by atoms with Crippen molar-refractivity contribution >= 4 is 18.1 Å². The minimum Gasteiger partial charge on any atom is -0.502 e. The molecule has 5 nitrogen and oxygen atoms in total. The van der Waals surface area contributed by atoms with Crippen LogP contribution in [-0.2, 0) is 0 Å². The maximum absolute atomic E-state index is 10.8. The second-order valence-corrected chi connectivity index (χ2v) is 3.56. The van der Waals surface area contributed by atoms with Crippen LogP contribution < -0.4 is 5.73 Å². The van der Waals surface area contributed by atoms with Crippen molar-refractivity contribution in [1.29, 1.82) is 0 Å². The standard InChI is InChI=1S/C11H14N2O3.ClH/c1-3-4-9(12)8-6-5-7(2)10(11(8)14)13(15)16;/h3,5-6,9,14H,1,4,12H2,2H3;1H/t9-;/m1./s1. The number of hydrogen-bond donors (Lipinski definition) is 2. The van der Waals surface area contributed by atoms with Crippen LogP contribution in [0.3, 0.4) is 0 Å². The maximum atomic E-state index is 10.8. The van der Waals surface area contributed by atoms with Gasteiger partial charge in [0, 0.05) is 17.2 Å². The van der Waals surface area contributed by atoms with Crippen molar-refractivity contribution in [2.45, 2.75) is 19.4 Å². The van der Waals surface area contributed by atoms with E-state index >= 15 is 0 Å². The van der Waals surface area contributed by atoms with E-state index in [-0.39, 0.29) is 23.8 Å². The van der Waals surface area contributed by atoms with Gasteiger partial charge in [-0.1, -0.05) is 18.2 Å². The summed E-state index contributed by atoms with van der Waals surface area (Å²) in [5.74, 6) is -0.348. The van der Waals surface area contributed by atoms with Gasteiger partial charge in [0.25, 0.3) is 0 Å². The van der Waals surface area contributed by atoms with E-state index in [0.717, 1.165) is 0 Å². The van der Waals surface area contributed by atoms with Crippen molar-refractivity contribution in [3.05, 3.63) is 46.0 Å². The number of halogens is 1. The Labute approximate surface area is 106 Å². The second kappa shape index (κ2) is 6.22. The first-order valence-corrected chi connectivity index (χ1v) is 4.82. The lowest BCUT2D eigenvalue weighted by Gasteiger charge is -2.12. The van der Waals surface area contributed by atoms with Crippen molar-refractivity contribution in [3.8, 4) is 5.75 Å². The van der Waals surface area contributed by atoms with Gasteiger partial charge in [-0.25, -0.2) is 0 Å². The summed E-state index contributed by atoms with van der Waals surface area (Å²) in [6.45, 7) is 5.11. The molecule has 1 atom stereocenters. The molecular weight excluding hydrogens is 244 g/mol. The van der Waals surface area contributed by atoms with Crippen molar-refractivity contribution < 1.29 is 10.0 Å². The summed E-state index contributed by atoms with van der Waals surface area (Å²) in [5.41, 5.74) is 6.28. The van der Waals surface area contributed by atoms with Gasteiger partial charge < -0.3 is 10.8 Å². The van der Waals surface area contributed by atoms with E-state index in [1.807, 2.05) is 0 Å². The van der Waals surface area contributed by atoms with Crippen LogP contribution in [0.5, 0.6) is 5.75 Å². The zero-order valence-electron chi connectivity index (χ0n) is 9.42. The van der Waals surface area contributed by atoms with E-state index < -0.39 is 11.0 Å². The third kappa shape index (κ3) is 3.18. The van der Waals surface area contributed by atoms with Crippen molar-refractivity contribution in [2.75, 3.05) is 0 Å². The number of hydrogen-bond acceptors (Lipinski definition) is 4. The van der Waals surface area contributed by atoms with E-state index in [0.29, 0.717) is 17.5 Å². The van der Waals surface area contributed by atoms with Crippen LogP contribution in [-0.4, -0.2) is 10.0 Å². The summed E-state index contributed by atoms with van der Waals surface area (Å²) < 4.78 is 0. The van der Waals surface area contributed by atoms with Gasteiger partial charge in [0.1, 0.15) is 0 Å². The highest BCUT2D eigenvalue weighted by Crippen LogP contribution is 2.36. The molecule has 1 rings (SSSR count). The summed E-state index contributed by atoms with van der Waals surface area (Å²) in [6, 6.07) is 2.71. The zero-order chi connectivity index (χ0) is 12.3. The molecule has 0 fully saturated rings. The molecule has 17 heavy (non-hydrogen) atoms. The summed E-state index contributed by atoms with van der Waals surface area (Å²) >= 11 is 0. The van der Waals surface area contributed by atoms with Gasteiger partial charge in [-0.15, -0.1) is 19.0 Å². The molecule has 0 saturated heterocycles. The second-order valence-electron chi connectivity index (χ2n) is 3.56. The van der Waals surface area contributed by atoms with Crippen molar-refractivity contribution in [3.63, 3.8) is 0 Å². The van der Waals surface area contributed by atoms with Gasteiger partial charge in [-0.3, -0.25) is 10.1 Å². The average molecular weight is 259 g/mol. The summed E-state index contributed by atoms with van der Waals surface area (Å²) in [7, 11) is 0. The molecule has 0 heterocycles. The minimum atomic E-state index is -0.602. The van der Waals surface area contributed by atoms with Crippen molar-refractivity contribution in [1.82, 2.24) is 0 Å². The summed E-state index contributed by atoms with van der Waals surface area (Å²) in [4.78, 5) is 10.2. The smallest absolute Gasteiger partial charge is 0.313 e. The van der Waals surface area contributed by atoms with Crippen LogP contribution in [0.4, 0.5) is 5.69 Å². The number of rotatable bonds is 4. The average Bonchev–Trinajstić information content (AvgIpc) is 2.17. The van der Waals surface area contributed by atoms with Gasteiger partial charge in [-0.05, 0) is 13.3 Å². The predicted octanol–water partition coefficient (Wildman–Crippen LogP) is 2.61. The van der Waals surface area contributed by atoms with Crippen molar-refractivity contribution in [2.24, 2.45) is 5.73 Å². The lowest BCUT2D eigenvalue weighted by atomic mass is 10.0. The highest BCUT2D eigenvalue weighted by molar-refractivity contribution is 5.85. The topological polar surface area (TPSA) is 89.4 Å². The molecule has 0 aliphatic carbocycles. The number of nitro groups is 1. The number of nitrogens with two attached hydrogens (primary N) is 1. The molecule has 94 valence electrons. The molecule has 0 aliphatic rings. The molecule has 0 aliphatic heterocycles. The van der Waals surface area contributed by atoms with E-state index in [4.69, 9.17) is 5.73 Å². The quantitative estimate of drug-likeness (QED) is 0.493. The number of phenolic OH excluding ortho intramolecular Hbond substituents is 1. The first-order chi connectivity index (χ1) is 7.49. The Kier molecular flexibility index (Phi) is 5.64. The lowest BCUT2D eigenvalue weighted by molar-refractivity contribution is -0.386. The molecule has 0 spiro atoms. The third-order valence-corrected chi connectivity index (χ3v) is 2.39. The van der Waals surface area contributed by atoms with Gasteiger partial charge in [0.15, 0.2) is 5.75 Å². The number of benzene rings is 1. The Bertz CT molecular complexity index is 435. The molecule has 0 unspecified atom stereocenters. The monoisotopic (exact) mass is 258 g/mol. The largest absolute Gasteiger partial charge is 0.502 e. The number of phenols is 1. The van der Waals surface area contributed by atoms with E-state index in [1.54, 1.807) is 25.1 Å². The Morgan fingerprint density at radius 3 is 2.71 bits per heavy atom. The number of nitrogens with zero attached hydrogens (tertiary/aromatic N) is 1. The fraction of sp³-hybridized carbons (Fsp3) is 0.273. The third-order valence-electron chi connectivity index (χ3n) is 2.39. The van der Waals surface area contributed by atoms with Crippen LogP contribution in [0, 0.1) is 17.0 Å². The molecule has 6 heteroatoms. The first kappa shape index (κ1) is 15.4. The predicted molar refractivity (Wildman–Crippen MR) is 68.5 cm³/mol. The van der Waals surface area contributed by atoms with Crippen LogP contribution in [0.1, 0.15) is 23.6 Å². The number of nitro benzene ring substituents is 1. The Morgan fingerprint density at radius 1 is 1.65 bits per heavy atom. The molecule has 0 radical (unpaired) electrons. The highest BCUT2D eigenvalue weighted by Gasteiger charge is 2.22. The van der Waals surface area contributed by atoms with E-state index in [2.05, 4.69) is 6.58 Å². The number of aryl methyl sites for hydroxylation is 1.